The quantitative estimate of drug-likeness (QED) is 0.799. The molecule has 0 aliphatic rings. The van der Waals surface area contributed by atoms with Crippen molar-refractivity contribution < 1.29 is 0 Å². The Morgan fingerprint density at radius 1 is 1.31 bits per heavy atom. The molecule has 2 rings (SSSR count). The van der Waals surface area contributed by atoms with E-state index in [0.717, 1.165) is 10.9 Å². The molecule has 16 heavy (non-hydrogen) atoms. The van der Waals surface area contributed by atoms with Crippen LogP contribution in [0.3, 0.4) is 0 Å². The summed E-state index contributed by atoms with van der Waals surface area (Å²) < 4.78 is 1.42. The Morgan fingerprint density at radius 3 is 2.75 bits per heavy atom. The number of aromatic nitrogens is 2. The lowest BCUT2D eigenvalue weighted by Crippen LogP contribution is -2.17. The lowest BCUT2D eigenvalue weighted by atomic mass is 10.3. The topological polar surface area (TPSA) is 34.9 Å². The highest BCUT2D eigenvalue weighted by atomic mass is 79.9. The summed E-state index contributed by atoms with van der Waals surface area (Å²) in [6, 6.07) is 6.68. The minimum Gasteiger partial charge on any atom is -0.269 e. The number of hydrogen-bond donors (Lipinski definition) is 0. The van der Waals surface area contributed by atoms with Gasteiger partial charge in [0.15, 0.2) is 0 Å². The molecule has 2 aromatic heterocycles. The van der Waals surface area contributed by atoms with Crippen LogP contribution in [0.5, 0.6) is 0 Å². The van der Waals surface area contributed by atoms with Crippen molar-refractivity contribution in [1.82, 2.24) is 9.55 Å². The average molecular weight is 300 g/mol. The van der Waals surface area contributed by atoms with Crippen molar-refractivity contribution in [3.63, 3.8) is 0 Å². The number of halogens is 2. The lowest BCUT2D eigenvalue weighted by molar-refractivity contribution is 0.937. The molecule has 0 N–H and O–H groups in total. The first-order valence-corrected chi connectivity index (χ1v) is 6.10. The van der Waals surface area contributed by atoms with E-state index in [-0.39, 0.29) is 5.56 Å². The normalized spacial score (nSPS) is 10.4. The summed E-state index contributed by atoms with van der Waals surface area (Å²) in [6.07, 6.45) is 3.28. The number of pyridine rings is 2. The first-order valence-electron chi connectivity index (χ1n) is 4.60. The van der Waals surface area contributed by atoms with Crippen LogP contribution < -0.4 is 5.56 Å². The van der Waals surface area contributed by atoms with Gasteiger partial charge in [0.1, 0.15) is 5.82 Å². The molecule has 0 radical (unpaired) electrons. The molecule has 0 fully saturated rings. The van der Waals surface area contributed by atoms with Gasteiger partial charge < -0.3 is 0 Å². The van der Waals surface area contributed by atoms with Crippen molar-refractivity contribution >= 4 is 27.5 Å². The van der Waals surface area contributed by atoms with Crippen LogP contribution in [0, 0.1) is 0 Å². The molecule has 0 saturated heterocycles. The van der Waals surface area contributed by atoms with Gasteiger partial charge in [0.25, 0.3) is 5.56 Å². The fourth-order valence-electron chi connectivity index (χ4n) is 1.28. The van der Waals surface area contributed by atoms with Gasteiger partial charge in [-0.25, -0.2) is 4.98 Å². The van der Waals surface area contributed by atoms with E-state index < -0.39 is 0 Å². The van der Waals surface area contributed by atoms with Crippen molar-refractivity contribution in [2.45, 2.75) is 5.33 Å². The van der Waals surface area contributed by atoms with Crippen LogP contribution in [-0.2, 0) is 5.33 Å². The van der Waals surface area contributed by atoms with Crippen molar-refractivity contribution in [2.24, 2.45) is 0 Å². The van der Waals surface area contributed by atoms with Crippen molar-refractivity contribution in [2.75, 3.05) is 0 Å². The minimum absolute atomic E-state index is 0.150. The smallest absolute Gasteiger partial charge is 0.256 e. The van der Waals surface area contributed by atoms with Crippen LogP contribution in [0.2, 0.25) is 5.02 Å². The zero-order valence-corrected chi connectivity index (χ0v) is 10.6. The number of alkyl halides is 1. The van der Waals surface area contributed by atoms with Crippen LogP contribution >= 0.6 is 27.5 Å². The summed E-state index contributed by atoms with van der Waals surface area (Å²) in [6.45, 7) is 0. The van der Waals surface area contributed by atoms with E-state index in [4.69, 9.17) is 11.6 Å². The molecule has 0 saturated carbocycles. The lowest BCUT2D eigenvalue weighted by Gasteiger charge is -2.05. The molecular weight excluding hydrogens is 291 g/mol. The highest BCUT2D eigenvalue weighted by Gasteiger charge is 2.01. The fourth-order valence-corrected chi connectivity index (χ4v) is 1.77. The molecule has 0 atom stereocenters. The van der Waals surface area contributed by atoms with E-state index in [1.54, 1.807) is 24.5 Å². The first-order chi connectivity index (χ1) is 7.70. The Balaban J connectivity index is 2.50. The predicted octanol–water partition coefficient (Wildman–Crippen LogP) is 2.78. The van der Waals surface area contributed by atoms with Crippen LogP contribution in [0.1, 0.15) is 5.56 Å². The second-order valence-electron chi connectivity index (χ2n) is 3.21. The standard InChI is InChI=1S/C11H8BrClN2O/c12-5-8-1-3-10(14-6-8)15-7-9(13)2-4-11(15)16/h1-4,6-7H,5H2. The minimum atomic E-state index is -0.150. The van der Waals surface area contributed by atoms with E-state index in [9.17, 15) is 4.79 Å². The summed E-state index contributed by atoms with van der Waals surface area (Å²) in [5.41, 5.74) is 0.905. The molecule has 2 heterocycles. The molecule has 0 amide bonds. The van der Waals surface area contributed by atoms with Crippen LogP contribution in [-0.4, -0.2) is 9.55 Å². The number of nitrogens with zero attached hydrogens (tertiary/aromatic N) is 2. The Bertz CT molecular complexity index is 551. The second-order valence-corrected chi connectivity index (χ2v) is 4.21. The first kappa shape index (κ1) is 11.4. The van der Waals surface area contributed by atoms with E-state index in [0.29, 0.717) is 10.8 Å². The average Bonchev–Trinajstić information content (AvgIpc) is 2.32. The molecule has 0 aliphatic carbocycles. The summed E-state index contributed by atoms with van der Waals surface area (Å²) in [5.74, 6) is 0.567. The van der Waals surface area contributed by atoms with Crippen LogP contribution in [0.25, 0.3) is 5.82 Å². The molecular formula is C11H8BrClN2O. The maximum Gasteiger partial charge on any atom is 0.256 e. The van der Waals surface area contributed by atoms with Gasteiger partial charge in [0.05, 0.1) is 5.02 Å². The Kier molecular flexibility index (Phi) is 3.41. The molecule has 2 aromatic rings. The number of rotatable bonds is 2. The van der Waals surface area contributed by atoms with Crippen molar-refractivity contribution in [3.05, 3.63) is 57.6 Å². The van der Waals surface area contributed by atoms with Crippen molar-refractivity contribution in [1.29, 1.82) is 0 Å². The molecule has 0 aliphatic heterocycles. The van der Waals surface area contributed by atoms with E-state index >= 15 is 0 Å². The summed E-state index contributed by atoms with van der Waals surface area (Å²) in [7, 11) is 0. The molecule has 0 spiro atoms. The van der Waals surface area contributed by atoms with E-state index in [1.165, 1.54) is 10.6 Å². The van der Waals surface area contributed by atoms with Gasteiger partial charge in [-0.2, -0.15) is 0 Å². The zero-order valence-electron chi connectivity index (χ0n) is 8.23. The predicted molar refractivity (Wildman–Crippen MR) is 67.5 cm³/mol. The highest BCUT2D eigenvalue weighted by molar-refractivity contribution is 9.08. The van der Waals surface area contributed by atoms with Crippen LogP contribution in [0.15, 0.2) is 41.5 Å². The van der Waals surface area contributed by atoms with Gasteiger partial charge >= 0.3 is 0 Å². The Morgan fingerprint density at radius 2 is 2.12 bits per heavy atom. The molecule has 3 nitrogen and oxygen atoms in total. The molecule has 82 valence electrons. The van der Waals surface area contributed by atoms with Crippen molar-refractivity contribution in [3.8, 4) is 5.82 Å². The Labute approximate surface area is 106 Å². The van der Waals surface area contributed by atoms with Gasteiger partial charge in [-0.15, -0.1) is 0 Å². The van der Waals surface area contributed by atoms with Gasteiger partial charge in [-0.3, -0.25) is 9.36 Å². The number of hydrogen-bond acceptors (Lipinski definition) is 2. The molecule has 0 unspecified atom stereocenters. The molecule has 0 bridgehead atoms. The third-order valence-electron chi connectivity index (χ3n) is 2.09. The summed E-state index contributed by atoms with van der Waals surface area (Å²) >= 11 is 9.16. The SMILES string of the molecule is O=c1ccc(Cl)cn1-c1ccc(CBr)cn1. The zero-order chi connectivity index (χ0) is 11.5. The van der Waals surface area contributed by atoms with E-state index in [2.05, 4.69) is 20.9 Å². The summed E-state index contributed by atoms with van der Waals surface area (Å²) in [5, 5.41) is 1.25. The molecule has 5 heteroatoms. The summed E-state index contributed by atoms with van der Waals surface area (Å²) in [4.78, 5) is 15.8. The fraction of sp³-hybridized carbons (Fsp3) is 0.0909. The highest BCUT2D eigenvalue weighted by Crippen LogP contribution is 2.09. The Hall–Kier alpha value is -1.13. The maximum absolute atomic E-state index is 11.6. The maximum atomic E-state index is 11.6. The van der Waals surface area contributed by atoms with Gasteiger partial charge in [-0.1, -0.05) is 33.6 Å². The second kappa shape index (κ2) is 4.80. The van der Waals surface area contributed by atoms with Gasteiger partial charge in [0.2, 0.25) is 0 Å². The third kappa shape index (κ3) is 2.33. The monoisotopic (exact) mass is 298 g/mol. The van der Waals surface area contributed by atoms with Gasteiger partial charge in [0, 0.05) is 23.8 Å². The van der Waals surface area contributed by atoms with Gasteiger partial charge in [-0.05, 0) is 17.7 Å². The van der Waals surface area contributed by atoms with E-state index in [1.807, 2.05) is 6.07 Å². The largest absolute Gasteiger partial charge is 0.269 e. The molecule has 0 aromatic carbocycles. The van der Waals surface area contributed by atoms with Crippen LogP contribution in [0.4, 0.5) is 0 Å². The third-order valence-corrected chi connectivity index (χ3v) is 2.96.